The van der Waals surface area contributed by atoms with E-state index in [0.29, 0.717) is 48.0 Å². The van der Waals surface area contributed by atoms with Crippen LogP contribution >= 0.6 is 11.6 Å². The Morgan fingerprint density at radius 1 is 1.02 bits per heavy atom. The van der Waals surface area contributed by atoms with Gasteiger partial charge in [0.2, 0.25) is 5.43 Å². The second-order valence-electron chi connectivity index (χ2n) is 10.7. The van der Waals surface area contributed by atoms with E-state index < -0.39 is 16.3 Å². The van der Waals surface area contributed by atoms with E-state index in [2.05, 4.69) is 17.0 Å². The zero-order valence-corrected chi connectivity index (χ0v) is 23.3. The maximum absolute atomic E-state index is 13.1. The fourth-order valence-electron chi connectivity index (χ4n) is 6.12. The lowest BCUT2D eigenvalue weighted by atomic mass is 9.96. The van der Waals surface area contributed by atoms with Gasteiger partial charge in [-0.25, -0.2) is 4.79 Å². The van der Waals surface area contributed by atoms with Crippen molar-refractivity contribution in [3.05, 3.63) is 114 Å². The second kappa shape index (κ2) is 10.6. The molecule has 41 heavy (non-hydrogen) atoms. The van der Waals surface area contributed by atoms with Gasteiger partial charge in [-0.2, -0.15) is 0 Å². The molecule has 0 amide bonds. The summed E-state index contributed by atoms with van der Waals surface area (Å²) >= 11 is 6.17. The normalized spacial score (nSPS) is 16.6. The van der Waals surface area contributed by atoms with Crippen LogP contribution in [0.1, 0.15) is 52.0 Å². The van der Waals surface area contributed by atoms with Crippen LogP contribution in [-0.4, -0.2) is 51.6 Å². The number of halogens is 1. The van der Waals surface area contributed by atoms with Crippen LogP contribution < -0.4 is 10.3 Å². The molecule has 0 radical (unpaired) electrons. The van der Waals surface area contributed by atoms with Crippen molar-refractivity contribution in [3.8, 4) is 0 Å². The molecule has 1 aliphatic carbocycles. The van der Waals surface area contributed by atoms with Gasteiger partial charge in [-0.15, -0.1) is 0 Å². The summed E-state index contributed by atoms with van der Waals surface area (Å²) in [7, 11) is 0. The number of carbonyl (C=O) groups is 1. The predicted molar refractivity (Wildman–Crippen MR) is 158 cm³/mol. The lowest BCUT2D eigenvalue weighted by Crippen LogP contribution is -2.48. The zero-order valence-electron chi connectivity index (χ0n) is 22.5. The summed E-state index contributed by atoms with van der Waals surface area (Å²) in [5, 5.41) is 22.7. The molecule has 10 heteroatoms. The Bertz CT molecular complexity index is 1710. The molecule has 4 aromatic rings. The van der Waals surface area contributed by atoms with Crippen molar-refractivity contribution in [2.24, 2.45) is 0 Å². The summed E-state index contributed by atoms with van der Waals surface area (Å²) in [5.74, 6) is -1.33. The number of aromatic nitrogens is 1. The van der Waals surface area contributed by atoms with Crippen LogP contribution in [0.4, 0.5) is 11.4 Å². The van der Waals surface area contributed by atoms with Crippen LogP contribution in [0.2, 0.25) is 5.02 Å². The number of nitro benzene ring substituents is 1. The maximum Gasteiger partial charge on any atom is 0.341 e. The number of piperazine rings is 1. The molecule has 1 saturated heterocycles. The van der Waals surface area contributed by atoms with E-state index in [0.717, 1.165) is 24.0 Å². The van der Waals surface area contributed by atoms with Crippen molar-refractivity contribution in [2.45, 2.75) is 31.8 Å². The van der Waals surface area contributed by atoms with Crippen LogP contribution in [0.5, 0.6) is 0 Å². The molecule has 1 aliphatic heterocycles. The standard InChI is InChI=1S/C31H29ClN4O5/c1-19-27-24(30(37)25(31(38)39)18-35(27)23-11-12-23)17-26(36(40)41)28(19)33-13-15-34(16-14-33)29(20-5-3-2-4-6-20)21-7-9-22(32)10-8-21/h2-10,17-18,23,29H,11-16H2,1H3,(H,38,39). The highest BCUT2D eigenvalue weighted by molar-refractivity contribution is 6.30. The summed E-state index contributed by atoms with van der Waals surface area (Å²) in [6, 6.07) is 19.4. The van der Waals surface area contributed by atoms with Gasteiger partial charge in [-0.3, -0.25) is 19.8 Å². The Morgan fingerprint density at radius 2 is 1.66 bits per heavy atom. The third-order valence-electron chi connectivity index (χ3n) is 8.17. The van der Waals surface area contributed by atoms with Crippen molar-refractivity contribution in [1.29, 1.82) is 0 Å². The molecule has 210 valence electrons. The lowest BCUT2D eigenvalue weighted by Gasteiger charge is -2.41. The van der Waals surface area contributed by atoms with Crippen molar-refractivity contribution in [2.75, 3.05) is 31.1 Å². The highest BCUT2D eigenvalue weighted by Gasteiger charge is 2.34. The first-order valence-electron chi connectivity index (χ1n) is 13.6. The van der Waals surface area contributed by atoms with E-state index in [1.165, 1.54) is 12.3 Å². The molecule has 6 rings (SSSR count). The molecule has 0 spiro atoms. The minimum atomic E-state index is -1.33. The number of fused-ring (bicyclic) bond motifs is 1. The Labute approximate surface area is 241 Å². The van der Waals surface area contributed by atoms with Gasteiger partial charge in [0.15, 0.2) is 0 Å². The third-order valence-corrected chi connectivity index (χ3v) is 8.42. The van der Waals surface area contributed by atoms with E-state index in [1.807, 2.05) is 51.9 Å². The number of pyridine rings is 1. The number of aromatic carboxylic acids is 1. The summed E-state index contributed by atoms with van der Waals surface area (Å²) < 4.78 is 1.84. The van der Waals surface area contributed by atoms with Crippen LogP contribution in [0.25, 0.3) is 10.9 Å². The van der Waals surface area contributed by atoms with E-state index in [-0.39, 0.29) is 28.7 Å². The molecule has 1 unspecified atom stereocenters. The molecule has 9 nitrogen and oxygen atoms in total. The molecular formula is C31H29ClN4O5. The fraction of sp³-hybridized carbons (Fsp3) is 0.290. The number of anilines is 1. The minimum absolute atomic E-state index is 0.00205. The lowest BCUT2D eigenvalue weighted by molar-refractivity contribution is -0.384. The van der Waals surface area contributed by atoms with Gasteiger partial charge >= 0.3 is 5.97 Å². The Hall–Kier alpha value is -4.21. The number of rotatable bonds is 7. The van der Waals surface area contributed by atoms with Crippen molar-refractivity contribution in [1.82, 2.24) is 9.47 Å². The first-order valence-corrected chi connectivity index (χ1v) is 14.0. The molecule has 2 heterocycles. The SMILES string of the molecule is Cc1c(N2CCN(C(c3ccccc3)c3ccc(Cl)cc3)CC2)c([N+](=O)[O-])cc2c(=O)c(C(=O)O)cn(C3CC3)c12. The fourth-order valence-corrected chi connectivity index (χ4v) is 6.25. The Kier molecular flexibility index (Phi) is 7.01. The largest absolute Gasteiger partial charge is 0.477 e. The second-order valence-corrected chi connectivity index (χ2v) is 11.2. The number of nitro groups is 1. The number of aryl methyl sites for hydroxylation is 1. The highest BCUT2D eigenvalue weighted by atomic mass is 35.5. The van der Waals surface area contributed by atoms with Gasteiger partial charge in [0.05, 0.1) is 21.9 Å². The summed E-state index contributed by atoms with van der Waals surface area (Å²) in [5.41, 5.74) is 2.72. The first kappa shape index (κ1) is 27.0. The first-order chi connectivity index (χ1) is 19.7. The van der Waals surface area contributed by atoms with Crippen molar-refractivity contribution < 1.29 is 14.8 Å². The van der Waals surface area contributed by atoms with Crippen LogP contribution in [0.15, 0.2) is 71.7 Å². The Morgan fingerprint density at radius 3 is 2.24 bits per heavy atom. The number of hydrogen-bond acceptors (Lipinski definition) is 6. The molecular weight excluding hydrogens is 544 g/mol. The van der Waals surface area contributed by atoms with Crippen LogP contribution in [0, 0.1) is 17.0 Å². The molecule has 1 aromatic heterocycles. The number of benzene rings is 3. The Balaban J connectivity index is 1.39. The highest BCUT2D eigenvalue weighted by Crippen LogP contribution is 2.43. The molecule has 2 aliphatic rings. The minimum Gasteiger partial charge on any atom is -0.477 e. The van der Waals surface area contributed by atoms with Gasteiger partial charge in [-0.1, -0.05) is 54.1 Å². The van der Waals surface area contributed by atoms with Gasteiger partial charge in [0, 0.05) is 55.1 Å². The number of carboxylic acid groups (broad SMARTS) is 1. The van der Waals surface area contributed by atoms with E-state index in [9.17, 15) is 24.8 Å². The van der Waals surface area contributed by atoms with E-state index in [1.54, 1.807) is 6.92 Å². The van der Waals surface area contributed by atoms with E-state index in [4.69, 9.17) is 11.6 Å². The molecule has 0 bridgehead atoms. The topological polar surface area (TPSA) is 109 Å². The molecule has 1 N–H and O–H groups in total. The number of nitrogens with zero attached hydrogens (tertiary/aromatic N) is 4. The molecule has 1 atom stereocenters. The van der Waals surface area contributed by atoms with Crippen LogP contribution in [-0.2, 0) is 0 Å². The average molecular weight is 573 g/mol. The van der Waals surface area contributed by atoms with Gasteiger partial charge in [-0.05, 0) is 43.0 Å². The third kappa shape index (κ3) is 4.96. The molecule has 3 aromatic carbocycles. The number of hydrogen-bond donors (Lipinski definition) is 1. The summed E-state index contributed by atoms with van der Waals surface area (Å²) in [4.78, 5) is 41.2. The number of carboxylic acids is 1. The van der Waals surface area contributed by atoms with Crippen molar-refractivity contribution >= 4 is 39.8 Å². The van der Waals surface area contributed by atoms with Crippen molar-refractivity contribution in [3.63, 3.8) is 0 Å². The summed E-state index contributed by atoms with van der Waals surface area (Å²) in [6.45, 7) is 4.21. The zero-order chi connectivity index (χ0) is 28.8. The van der Waals surface area contributed by atoms with E-state index >= 15 is 0 Å². The maximum atomic E-state index is 13.1. The predicted octanol–water partition coefficient (Wildman–Crippen LogP) is 5.82. The van der Waals surface area contributed by atoms with Gasteiger partial charge in [0.1, 0.15) is 11.3 Å². The van der Waals surface area contributed by atoms with Crippen LogP contribution in [0.3, 0.4) is 0 Å². The quantitative estimate of drug-likeness (QED) is 0.220. The molecule has 2 fully saturated rings. The monoisotopic (exact) mass is 572 g/mol. The van der Waals surface area contributed by atoms with Gasteiger partial charge < -0.3 is 14.6 Å². The smallest absolute Gasteiger partial charge is 0.341 e. The average Bonchev–Trinajstić information content (AvgIpc) is 3.81. The van der Waals surface area contributed by atoms with Gasteiger partial charge in [0.25, 0.3) is 5.69 Å². The molecule has 1 saturated carbocycles. The summed E-state index contributed by atoms with van der Waals surface area (Å²) in [6.07, 6.45) is 3.14.